The number of piperazine rings is 1. The third-order valence-corrected chi connectivity index (χ3v) is 6.49. The van der Waals surface area contributed by atoms with Crippen LogP contribution in [-0.2, 0) is 9.59 Å². The number of para-hydroxylation sites is 1. The summed E-state index contributed by atoms with van der Waals surface area (Å²) in [5, 5.41) is 0.766. The van der Waals surface area contributed by atoms with Crippen molar-refractivity contribution in [2.75, 3.05) is 63.8 Å². The lowest BCUT2D eigenvalue weighted by molar-refractivity contribution is -0.132. The molecule has 0 N–H and O–H groups in total. The summed E-state index contributed by atoms with van der Waals surface area (Å²) in [7, 11) is 0. The van der Waals surface area contributed by atoms with E-state index in [-0.39, 0.29) is 11.8 Å². The van der Waals surface area contributed by atoms with E-state index >= 15 is 0 Å². The van der Waals surface area contributed by atoms with Crippen molar-refractivity contribution in [3.8, 4) is 0 Å². The van der Waals surface area contributed by atoms with Crippen LogP contribution in [0.2, 0.25) is 0 Å². The molecule has 1 aromatic heterocycles. The van der Waals surface area contributed by atoms with E-state index in [0.717, 1.165) is 54.6 Å². The van der Waals surface area contributed by atoms with Gasteiger partial charge in [0.25, 0.3) is 0 Å². The number of anilines is 1. The zero-order valence-electron chi connectivity index (χ0n) is 17.6. The average molecular weight is 418 g/mol. The van der Waals surface area contributed by atoms with Crippen molar-refractivity contribution in [2.24, 2.45) is 0 Å². The molecule has 2 heterocycles. The van der Waals surface area contributed by atoms with Crippen molar-refractivity contribution in [3.63, 3.8) is 0 Å². The molecule has 8 heteroatoms. The molecule has 1 fully saturated rings. The number of nitrogens with zero attached hydrogens (tertiary/aromatic N) is 5. The monoisotopic (exact) mass is 417 g/mol. The lowest BCUT2D eigenvalue weighted by Crippen LogP contribution is -2.52. The molecule has 0 bridgehead atoms. The molecule has 1 aliphatic heterocycles. The fourth-order valence-electron chi connectivity index (χ4n) is 3.64. The van der Waals surface area contributed by atoms with Crippen LogP contribution in [0.25, 0.3) is 10.2 Å². The molecule has 1 aliphatic rings. The highest BCUT2D eigenvalue weighted by atomic mass is 32.1. The van der Waals surface area contributed by atoms with Crippen LogP contribution < -0.4 is 4.90 Å². The van der Waals surface area contributed by atoms with Crippen LogP contribution in [-0.4, -0.2) is 90.4 Å². The number of hydrogen-bond donors (Lipinski definition) is 0. The van der Waals surface area contributed by atoms with Gasteiger partial charge < -0.3 is 4.90 Å². The Morgan fingerprint density at radius 1 is 0.931 bits per heavy atom. The summed E-state index contributed by atoms with van der Waals surface area (Å²) < 4.78 is 1.10. The predicted octanol–water partition coefficient (Wildman–Crippen LogP) is 2.14. The molecule has 2 aromatic rings. The van der Waals surface area contributed by atoms with E-state index < -0.39 is 0 Å². The Labute approximate surface area is 176 Å². The Hall–Kier alpha value is -2.03. The van der Waals surface area contributed by atoms with E-state index in [9.17, 15) is 9.59 Å². The smallest absolute Gasteiger partial charge is 0.242 e. The third-order valence-electron chi connectivity index (χ3n) is 5.43. The maximum Gasteiger partial charge on any atom is 0.242 e. The second-order valence-corrected chi connectivity index (χ2v) is 8.23. The van der Waals surface area contributed by atoms with Crippen molar-refractivity contribution in [1.82, 2.24) is 19.7 Å². The summed E-state index contributed by atoms with van der Waals surface area (Å²) in [6.07, 6.45) is 0. The Balaban J connectivity index is 1.52. The molecule has 0 radical (unpaired) electrons. The van der Waals surface area contributed by atoms with Crippen molar-refractivity contribution >= 4 is 38.5 Å². The van der Waals surface area contributed by atoms with E-state index in [1.807, 2.05) is 49.9 Å². The van der Waals surface area contributed by atoms with E-state index in [1.165, 1.54) is 0 Å². The van der Waals surface area contributed by atoms with Crippen molar-refractivity contribution in [3.05, 3.63) is 24.3 Å². The number of likely N-dealkylation sites (N-methyl/N-ethyl adjacent to an activating group) is 2. The number of hydrogen-bond acceptors (Lipinski definition) is 6. The number of rotatable bonds is 8. The van der Waals surface area contributed by atoms with E-state index in [4.69, 9.17) is 0 Å². The maximum absolute atomic E-state index is 12.9. The van der Waals surface area contributed by atoms with E-state index in [2.05, 4.69) is 14.8 Å². The molecule has 158 valence electrons. The van der Waals surface area contributed by atoms with Crippen LogP contribution in [0, 0.1) is 0 Å². The minimum Gasteiger partial charge on any atom is -0.342 e. The predicted molar refractivity (Wildman–Crippen MR) is 118 cm³/mol. The zero-order valence-corrected chi connectivity index (χ0v) is 18.5. The van der Waals surface area contributed by atoms with Gasteiger partial charge >= 0.3 is 0 Å². The van der Waals surface area contributed by atoms with Crippen LogP contribution in [0.4, 0.5) is 5.13 Å². The lowest BCUT2D eigenvalue weighted by Gasteiger charge is -2.35. The minimum atomic E-state index is 0.0826. The Kier molecular flexibility index (Phi) is 7.57. The minimum absolute atomic E-state index is 0.0826. The summed E-state index contributed by atoms with van der Waals surface area (Å²) in [6.45, 7) is 12.2. The first-order valence-corrected chi connectivity index (χ1v) is 11.3. The summed E-state index contributed by atoms with van der Waals surface area (Å²) in [4.78, 5) is 37.9. The normalized spacial score (nSPS) is 15.6. The Morgan fingerprint density at radius 2 is 1.52 bits per heavy atom. The van der Waals surface area contributed by atoms with Crippen LogP contribution in [0.5, 0.6) is 0 Å². The Morgan fingerprint density at radius 3 is 2.07 bits per heavy atom. The van der Waals surface area contributed by atoms with Gasteiger partial charge in [0.05, 0.1) is 23.3 Å². The largest absolute Gasteiger partial charge is 0.342 e. The molecule has 0 spiro atoms. The third kappa shape index (κ3) is 5.32. The zero-order chi connectivity index (χ0) is 20.8. The highest BCUT2D eigenvalue weighted by molar-refractivity contribution is 7.22. The summed E-state index contributed by atoms with van der Waals surface area (Å²) in [6, 6.07) is 7.97. The van der Waals surface area contributed by atoms with Crippen LogP contribution in [0.15, 0.2) is 24.3 Å². The molecule has 1 aromatic carbocycles. The standard InChI is InChI=1S/C21H31N5O2S/c1-4-25(5-2)19(27)15-23-11-13-24(14-12-23)16-20(28)26(6-3)21-22-17-9-7-8-10-18(17)29-21/h7-10H,4-6,11-16H2,1-3H3. The topological polar surface area (TPSA) is 60.0 Å². The number of fused-ring (bicyclic) bond motifs is 1. The van der Waals surface area contributed by atoms with Gasteiger partial charge in [-0.1, -0.05) is 23.5 Å². The van der Waals surface area contributed by atoms with Gasteiger partial charge in [-0.3, -0.25) is 24.3 Å². The van der Waals surface area contributed by atoms with E-state index in [0.29, 0.717) is 19.6 Å². The maximum atomic E-state index is 12.9. The summed E-state index contributed by atoms with van der Waals surface area (Å²) >= 11 is 1.56. The van der Waals surface area contributed by atoms with Gasteiger partial charge in [-0.25, -0.2) is 4.98 Å². The molecule has 1 saturated heterocycles. The number of aromatic nitrogens is 1. The summed E-state index contributed by atoms with van der Waals surface area (Å²) in [5.74, 6) is 0.270. The molecule has 7 nitrogen and oxygen atoms in total. The van der Waals surface area contributed by atoms with Crippen LogP contribution >= 0.6 is 11.3 Å². The van der Waals surface area contributed by atoms with Gasteiger partial charge in [0.1, 0.15) is 0 Å². The Bertz CT molecular complexity index is 794. The quantitative estimate of drug-likeness (QED) is 0.659. The number of thiazole rings is 1. The van der Waals surface area contributed by atoms with Gasteiger partial charge in [0.15, 0.2) is 5.13 Å². The number of benzene rings is 1. The van der Waals surface area contributed by atoms with Crippen molar-refractivity contribution in [2.45, 2.75) is 20.8 Å². The molecule has 3 rings (SSSR count). The molecule has 0 aliphatic carbocycles. The number of carbonyl (C=O) groups excluding carboxylic acids is 2. The summed E-state index contributed by atoms with van der Waals surface area (Å²) in [5.41, 5.74) is 0.935. The second-order valence-electron chi connectivity index (χ2n) is 7.22. The molecule has 0 atom stereocenters. The van der Waals surface area contributed by atoms with Gasteiger partial charge in [-0.2, -0.15) is 0 Å². The fraction of sp³-hybridized carbons (Fsp3) is 0.571. The van der Waals surface area contributed by atoms with E-state index in [1.54, 1.807) is 16.2 Å². The van der Waals surface area contributed by atoms with Crippen molar-refractivity contribution < 1.29 is 9.59 Å². The van der Waals surface area contributed by atoms with Gasteiger partial charge in [-0.05, 0) is 32.9 Å². The molecular weight excluding hydrogens is 386 g/mol. The molecule has 29 heavy (non-hydrogen) atoms. The molecular formula is C21H31N5O2S. The van der Waals surface area contributed by atoms with Crippen LogP contribution in [0.1, 0.15) is 20.8 Å². The second kappa shape index (κ2) is 10.1. The first-order chi connectivity index (χ1) is 14.0. The van der Waals surface area contributed by atoms with Crippen LogP contribution in [0.3, 0.4) is 0 Å². The fourth-order valence-corrected chi connectivity index (χ4v) is 4.69. The van der Waals surface area contributed by atoms with Gasteiger partial charge in [-0.15, -0.1) is 0 Å². The van der Waals surface area contributed by atoms with Gasteiger partial charge in [0.2, 0.25) is 11.8 Å². The van der Waals surface area contributed by atoms with Crippen molar-refractivity contribution in [1.29, 1.82) is 0 Å². The first-order valence-electron chi connectivity index (χ1n) is 10.4. The highest BCUT2D eigenvalue weighted by Crippen LogP contribution is 2.28. The highest BCUT2D eigenvalue weighted by Gasteiger charge is 2.25. The van der Waals surface area contributed by atoms with Gasteiger partial charge in [0, 0.05) is 45.8 Å². The average Bonchev–Trinajstić information content (AvgIpc) is 3.14. The molecule has 2 amide bonds. The SMILES string of the molecule is CCN(CC)C(=O)CN1CCN(CC(=O)N(CC)c2nc3ccccc3s2)CC1. The number of carbonyl (C=O) groups is 2. The molecule has 0 saturated carbocycles. The number of amides is 2. The molecule has 0 unspecified atom stereocenters. The first kappa shape index (κ1) is 21.7. The lowest BCUT2D eigenvalue weighted by atomic mass is 10.3.